The van der Waals surface area contributed by atoms with Crippen LogP contribution in [-0.2, 0) is 13.1 Å². The molecule has 42 heavy (non-hydrogen) atoms. The topological polar surface area (TPSA) is 53.8 Å². The van der Waals surface area contributed by atoms with Crippen molar-refractivity contribution in [2.45, 2.75) is 66.2 Å². The molecule has 6 rings (SSSR count). The molecule has 0 radical (unpaired) electrons. The van der Waals surface area contributed by atoms with Gasteiger partial charge in [-0.05, 0) is 69.5 Å². The average Bonchev–Trinajstić information content (AvgIpc) is 2.96. The molecule has 0 bridgehead atoms. The molecule has 0 saturated carbocycles. The summed E-state index contributed by atoms with van der Waals surface area (Å²) in [5.74, 6) is -2.29. The summed E-state index contributed by atoms with van der Waals surface area (Å²) in [7, 11) is 2.12. The number of nitrogens with zero attached hydrogens (tertiary/aromatic N) is 5. The van der Waals surface area contributed by atoms with Crippen LogP contribution in [0.15, 0.2) is 58.9 Å². The molecule has 0 aliphatic carbocycles. The van der Waals surface area contributed by atoms with E-state index in [-0.39, 0.29) is 42.7 Å². The van der Waals surface area contributed by atoms with Gasteiger partial charge in [0.05, 0.1) is 23.5 Å². The van der Waals surface area contributed by atoms with Crippen LogP contribution >= 0.6 is 0 Å². The molecule has 0 amide bonds. The summed E-state index contributed by atoms with van der Waals surface area (Å²) in [4.78, 5) is 25.3. The van der Waals surface area contributed by atoms with E-state index in [1.54, 1.807) is 0 Å². The van der Waals surface area contributed by atoms with Crippen LogP contribution in [0, 0.1) is 18.6 Å². The van der Waals surface area contributed by atoms with Crippen molar-refractivity contribution >= 4 is 10.9 Å². The van der Waals surface area contributed by atoms with Gasteiger partial charge in [0.1, 0.15) is 6.61 Å². The van der Waals surface area contributed by atoms with Crippen LogP contribution in [0.25, 0.3) is 10.9 Å². The first-order chi connectivity index (χ1) is 19.7. The molecule has 1 aromatic carbocycles. The Hall–Kier alpha value is -3.72. The molecular weight excluding hydrogens is 536 g/mol. The molecule has 2 aromatic heterocycles. The zero-order valence-electron chi connectivity index (χ0n) is 24.2. The van der Waals surface area contributed by atoms with Gasteiger partial charge in [-0.15, -0.1) is 0 Å². The summed E-state index contributed by atoms with van der Waals surface area (Å²) in [6.45, 7) is 10.0. The zero-order chi connectivity index (χ0) is 28.8. The second kappa shape index (κ2) is 11.9. The molecule has 0 N–H and O–H groups in total. The van der Waals surface area contributed by atoms with Crippen molar-refractivity contribution in [2.24, 2.45) is 0 Å². The van der Waals surface area contributed by atoms with Gasteiger partial charge in [-0.3, -0.25) is 14.7 Å². The van der Waals surface area contributed by atoms with Gasteiger partial charge in [-0.2, -0.15) is 4.39 Å². The van der Waals surface area contributed by atoms with Crippen LogP contribution in [0.5, 0.6) is 5.75 Å². The number of aryl methyl sites for hydroxylation is 1. The Morgan fingerprint density at radius 3 is 2.74 bits per heavy atom. The van der Waals surface area contributed by atoms with Gasteiger partial charge in [0.25, 0.3) is 0 Å². The lowest BCUT2D eigenvalue weighted by molar-refractivity contribution is 0.0984. The van der Waals surface area contributed by atoms with E-state index in [2.05, 4.69) is 51.9 Å². The molecule has 3 aromatic rings. The van der Waals surface area contributed by atoms with Crippen molar-refractivity contribution in [3.63, 3.8) is 0 Å². The van der Waals surface area contributed by atoms with E-state index in [4.69, 9.17) is 4.74 Å². The van der Waals surface area contributed by atoms with Crippen molar-refractivity contribution in [3.05, 3.63) is 92.8 Å². The first-order valence-corrected chi connectivity index (χ1v) is 14.4. The molecule has 3 aliphatic heterocycles. The Bertz CT molecular complexity index is 1610. The number of halogens is 2. The van der Waals surface area contributed by atoms with E-state index in [1.165, 1.54) is 11.4 Å². The zero-order valence-corrected chi connectivity index (χ0v) is 24.2. The van der Waals surface area contributed by atoms with Gasteiger partial charge >= 0.3 is 0 Å². The molecule has 224 valence electrons. The smallest absolute Gasteiger partial charge is 0.202 e. The maximum absolute atomic E-state index is 14.6. The Kier molecular flexibility index (Phi) is 8.42. The van der Waals surface area contributed by atoms with E-state index >= 15 is 0 Å². The van der Waals surface area contributed by atoms with Gasteiger partial charge in [0.15, 0.2) is 17.0 Å². The third-order valence-electron chi connectivity index (χ3n) is 8.74. The minimum Gasteiger partial charge on any atom is -0.486 e. The Morgan fingerprint density at radius 1 is 1.17 bits per heavy atom. The van der Waals surface area contributed by atoms with Crippen molar-refractivity contribution < 1.29 is 13.5 Å². The molecule has 1 unspecified atom stereocenters. The molecule has 9 heteroatoms. The summed E-state index contributed by atoms with van der Waals surface area (Å²) in [6, 6.07) is 5.21. The summed E-state index contributed by atoms with van der Waals surface area (Å²) in [5.41, 5.74) is 5.24. The molecule has 7 nitrogen and oxygen atoms in total. The van der Waals surface area contributed by atoms with E-state index in [9.17, 15) is 13.6 Å². The highest BCUT2D eigenvalue weighted by molar-refractivity contribution is 5.86. The van der Waals surface area contributed by atoms with Crippen molar-refractivity contribution in [3.8, 4) is 5.75 Å². The predicted molar refractivity (Wildman–Crippen MR) is 162 cm³/mol. The van der Waals surface area contributed by atoms with Crippen LogP contribution in [0.2, 0.25) is 0 Å². The quantitative estimate of drug-likeness (QED) is 0.371. The van der Waals surface area contributed by atoms with Gasteiger partial charge in [-0.25, -0.2) is 4.39 Å². The second-order valence-corrected chi connectivity index (χ2v) is 11.7. The van der Waals surface area contributed by atoms with Crippen LogP contribution < -0.4 is 10.2 Å². The number of likely N-dealkylation sites (N-methyl/N-ethyl adjacent to an activating group) is 1. The van der Waals surface area contributed by atoms with Crippen molar-refractivity contribution in [2.75, 3.05) is 33.3 Å². The number of pyridine rings is 2. The normalized spacial score (nSPS) is 20.3. The van der Waals surface area contributed by atoms with E-state index in [0.29, 0.717) is 24.2 Å². The number of allylic oxidation sites excluding steroid dienone is 3. The van der Waals surface area contributed by atoms with Gasteiger partial charge in [0, 0.05) is 74.3 Å². The second-order valence-electron chi connectivity index (χ2n) is 11.7. The van der Waals surface area contributed by atoms with Crippen LogP contribution in [-0.4, -0.2) is 63.6 Å². The van der Waals surface area contributed by atoms with Crippen molar-refractivity contribution in [1.29, 1.82) is 0 Å². The molecule has 2 atom stereocenters. The molecule has 3 aliphatic rings. The molecule has 5 heterocycles. The molecule has 0 spiro atoms. The summed E-state index contributed by atoms with van der Waals surface area (Å²) in [5, 5.41) is 0.158. The lowest BCUT2D eigenvalue weighted by atomic mass is 10.00. The Morgan fingerprint density at radius 2 is 1.98 bits per heavy atom. The minimum atomic E-state index is -1.06. The lowest BCUT2D eigenvalue weighted by Gasteiger charge is -2.43. The van der Waals surface area contributed by atoms with Gasteiger partial charge in [-0.1, -0.05) is 7.43 Å². The third kappa shape index (κ3) is 5.54. The number of piperidine rings is 1. The maximum Gasteiger partial charge on any atom is 0.202 e. The van der Waals surface area contributed by atoms with E-state index in [0.717, 1.165) is 49.8 Å². The number of benzene rings is 1. The number of hydrogen-bond donors (Lipinski definition) is 0. The summed E-state index contributed by atoms with van der Waals surface area (Å²) < 4.78 is 36.6. The third-order valence-corrected chi connectivity index (χ3v) is 8.74. The maximum atomic E-state index is 14.6. The number of likely N-dealkylation sites (tertiary alicyclic amines) is 1. The van der Waals surface area contributed by atoms with Crippen molar-refractivity contribution in [1.82, 2.24) is 24.3 Å². The average molecular weight is 578 g/mol. The van der Waals surface area contributed by atoms with Crippen LogP contribution in [0.1, 0.15) is 57.0 Å². The first kappa shape index (κ1) is 29.8. The van der Waals surface area contributed by atoms with Gasteiger partial charge in [0.2, 0.25) is 5.82 Å². The van der Waals surface area contributed by atoms with Crippen LogP contribution in [0.3, 0.4) is 0 Å². The number of hydrogen-bond acceptors (Lipinski definition) is 6. The largest absolute Gasteiger partial charge is 0.486 e. The number of rotatable bonds is 6. The fraction of sp³-hybridized carbons (Fsp3) is 0.455. The van der Waals surface area contributed by atoms with Gasteiger partial charge < -0.3 is 19.1 Å². The first-order valence-electron chi connectivity index (χ1n) is 14.4. The highest BCUT2D eigenvalue weighted by atomic mass is 19.2. The summed E-state index contributed by atoms with van der Waals surface area (Å²) >= 11 is 0. The number of ether oxygens (including phenoxy) is 1. The monoisotopic (exact) mass is 577 g/mol. The fourth-order valence-corrected chi connectivity index (χ4v) is 6.32. The van der Waals surface area contributed by atoms with Crippen LogP contribution in [0.4, 0.5) is 8.78 Å². The highest BCUT2D eigenvalue weighted by Gasteiger charge is 2.31. The standard InChI is InChI=1S/C32H37F2N5O2.CH4/c1-20-12-23(9-10-35-20)14-38(25-6-5-11-37(18-25)26-8-7-21(2)36(4)17-26)15-24-16-39-22(3)19-41-32-29(34)28(33)13-27(30(32)39)31(24)40;/h7-10,12-13,16,22,25H,5-6,11,14-15,17-19H2,1-4H3;1H4/t22?,25-;/m0./s1. The van der Waals surface area contributed by atoms with E-state index in [1.807, 2.05) is 36.9 Å². The number of aromatic nitrogens is 2. The SMILES string of the molecule is C.CC1=CC=C(N2CCC[C@H](N(Cc3ccnc(C)c3)Cc3cn4c5c(c(F)c(F)cc5c3=O)OCC4C)C2)CN1C. The van der Waals surface area contributed by atoms with E-state index < -0.39 is 11.6 Å². The summed E-state index contributed by atoms with van der Waals surface area (Å²) in [6.07, 6.45) is 10.1. The molecule has 1 saturated heterocycles. The fourth-order valence-electron chi connectivity index (χ4n) is 6.32. The predicted octanol–water partition coefficient (Wildman–Crippen LogP) is 5.77. The molecule has 1 fully saturated rings. The Labute approximate surface area is 246 Å². The minimum absolute atomic E-state index is 0. The molecular formula is C33H41F2N5O2. The highest BCUT2D eigenvalue weighted by Crippen LogP contribution is 2.35. The Balaban J connectivity index is 0.00000353. The lowest BCUT2D eigenvalue weighted by Crippen LogP contribution is -2.48.